The van der Waals surface area contributed by atoms with E-state index >= 15 is 0 Å². The molecular weight excluding hydrogens is 292 g/mol. The summed E-state index contributed by atoms with van der Waals surface area (Å²) in [4.78, 5) is 0.537. The van der Waals surface area contributed by atoms with Crippen molar-refractivity contribution in [3.63, 3.8) is 0 Å². The van der Waals surface area contributed by atoms with E-state index in [0.717, 1.165) is 0 Å². The van der Waals surface area contributed by atoms with Crippen molar-refractivity contribution < 1.29 is 13.2 Å². The fourth-order valence-corrected chi connectivity index (χ4v) is 2.96. The fraction of sp³-hybridized carbons (Fsp3) is 0.125. The quantitative estimate of drug-likeness (QED) is 0.721. The van der Waals surface area contributed by atoms with Gasteiger partial charge in [0.05, 0.1) is 6.04 Å². The van der Waals surface area contributed by atoms with Crippen molar-refractivity contribution in [2.45, 2.75) is 10.9 Å². The molecule has 1 heterocycles. The molecule has 108 valence electrons. The van der Waals surface area contributed by atoms with Crippen LogP contribution in [0, 0.1) is 11.6 Å². The van der Waals surface area contributed by atoms with Gasteiger partial charge in [-0.15, -0.1) is 11.8 Å². The van der Waals surface area contributed by atoms with E-state index in [0.29, 0.717) is 21.8 Å². The van der Waals surface area contributed by atoms with Gasteiger partial charge in [-0.2, -0.15) is 0 Å². The van der Waals surface area contributed by atoms with Gasteiger partial charge in [-0.05, 0) is 24.3 Å². The lowest BCUT2D eigenvalue weighted by atomic mass is 10.2. The predicted octanol–water partition coefficient (Wildman–Crippen LogP) is 4.50. The minimum Gasteiger partial charge on any atom is -0.456 e. The molecule has 3 rings (SSSR count). The molecule has 1 aromatic heterocycles. The fourth-order valence-electron chi connectivity index (χ4n) is 2.05. The zero-order valence-electron chi connectivity index (χ0n) is 11.1. The second-order valence-corrected chi connectivity index (χ2v) is 5.72. The number of para-hydroxylation sites is 1. The van der Waals surface area contributed by atoms with Crippen molar-refractivity contribution in [3.05, 3.63) is 65.9 Å². The van der Waals surface area contributed by atoms with E-state index in [4.69, 9.17) is 10.2 Å². The van der Waals surface area contributed by atoms with Gasteiger partial charge in [0.2, 0.25) is 0 Å². The summed E-state index contributed by atoms with van der Waals surface area (Å²) in [6.45, 7) is 0. The van der Waals surface area contributed by atoms with Crippen molar-refractivity contribution in [1.29, 1.82) is 0 Å². The molecule has 0 saturated carbocycles. The normalized spacial score (nSPS) is 12.7. The summed E-state index contributed by atoms with van der Waals surface area (Å²) >= 11 is 1.31. The van der Waals surface area contributed by atoms with Gasteiger partial charge in [-0.3, -0.25) is 0 Å². The zero-order chi connectivity index (χ0) is 14.8. The topological polar surface area (TPSA) is 39.2 Å². The molecule has 0 bridgehead atoms. The van der Waals surface area contributed by atoms with Crippen molar-refractivity contribution in [2.75, 3.05) is 5.75 Å². The molecule has 0 aliphatic heterocycles. The molecule has 0 aliphatic rings. The smallest absolute Gasteiger partial charge is 0.169 e. The minimum absolute atomic E-state index is 0.207. The van der Waals surface area contributed by atoms with E-state index in [1.165, 1.54) is 23.9 Å². The number of rotatable bonds is 4. The lowest BCUT2D eigenvalue weighted by Crippen LogP contribution is -2.12. The number of fused-ring (bicyclic) bond motifs is 1. The van der Waals surface area contributed by atoms with Gasteiger partial charge in [0.15, 0.2) is 11.4 Å². The number of furan rings is 1. The van der Waals surface area contributed by atoms with Crippen LogP contribution in [0.2, 0.25) is 0 Å². The van der Waals surface area contributed by atoms with E-state index in [1.54, 1.807) is 36.4 Å². The van der Waals surface area contributed by atoms with Crippen LogP contribution in [0.1, 0.15) is 11.8 Å². The summed E-state index contributed by atoms with van der Waals surface area (Å²) in [5.74, 6) is 0.263. The average Bonchev–Trinajstić information content (AvgIpc) is 2.92. The molecule has 2 nitrogen and oxygen atoms in total. The molecule has 1 unspecified atom stereocenters. The van der Waals surface area contributed by atoms with Crippen molar-refractivity contribution in [2.24, 2.45) is 5.73 Å². The van der Waals surface area contributed by atoms with Crippen LogP contribution >= 0.6 is 11.8 Å². The van der Waals surface area contributed by atoms with Crippen molar-refractivity contribution >= 4 is 22.7 Å². The second-order valence-electron chi connectivity index (χ2n) is 4.65. The Hall–Kier alpha value is -1.85. The first kappa shape index (κ1) is 14.1. The van der Waals surface area contributed by atoms with Gasteiger partial charge in [0.1, 0.15) is 11.6 Å². The highest BCUT2D eigenvalue weighted by Gasteiger charge is 2.15. The Labute approximate surface area is 124 Å². The zero-order valence-corrected chi connectivity index (χ0v) is 11.9. The van der Waals surface area contributed by atoms with Crippen LogP contribution in [0.25, 0.3) is 11.0 Å². The summed E-state index contributed by atoms with van der Waals surface area (Å²) in [6, 6.07) is 12.5. The molecule has 0 aliphatic carbocycles. The molecular formula is C16H13F2NOS. The van der Waals surface area contributed by atoms with Crippen molar-refractivity contribution in [3.8, 4) is 0 Å². The third-order valence-electron chi connectivity index (χ3n) is 3.14. The number of benzene rings is 2. The van der Waals surface area contributed by atoms with Crippen molar-refractivity contribution in [1.82, 2.24) is 0 Å². The highest BCUT2D eigenvalue weighted by atomic mass is 32.2. The Morgan fingerprint density at radius 2 is 1.81 bits per heavy atom. The first-order valence-corrected chi connectivity index (χ1v) is 7.44. The van der Waals surface area contributed by atoms with Gasteiger partial charge in [0, 0.05) is 16.0 Å². The van der Waals surface area contributed by atoms with Gasteiger partial charge < -0.3 is 10.2 Å². The summed E-state index contributed by atoms with van der Waals surface area (Å²) in [7, 11) is 0. The molecule has 5 heteroatoms. The van der Waals surface area contributed by atoms with Crippen LogP contribution in [0.5, 0.6) is 0 Å². The van der Waals surface area contributed by atoms with Gasteiger partial charge in [0.25, 0.3) is 0 Å². The molecule has 2 N–H and O–H groups in total. The summed E-state index contributed by atoms with van der Waals surface area (Å²) in [5.41, 5.74) is 6.25. The third-order valence-corrected chi connectivity index (χ3v) is 4.30. The second kappa shape index (κ2) is 5.87. The molecule has 0 spiro atoms. The predicted molar refractivity (Wildman–Crippen MR) is 80.2 cm³/mol. The van der Waals surface area contributed by atoms with Gasteiger partial charge >= 0.3 is 0 Å². The number of thioether (sulfide) groups is 1. The maximum atomic E-state index is 13.6. The van der Waals surface area contributed by atoms with Crippen LogP contribution < -0.4 is 5.73 Å². The average molecular weight is 305 g/mol. The van der Waals surface area contributed by atoms with Gasteiger partial charge in [-0.25, -0.2) is 8.78 Å². The first-order chi connectivity index (χ1) is 10.1. The van der Waals surface area contributed by atoms with E-state index in [2.05, 4.69) is 0 Å². The summed E-state index contributed by atoms with van der Waals surface area (Å²) in [6.07, 6.45) is 0. The first-order valence-electron chi connectivity index (χ1n) is 6.46. The van der Waals surface area contributed by atoms with E-state index in [9.17, 15) is 8.78 Å². The Kier molecular flexibility index (Phi) is 3.94. The molecule has 1 atom stereocenters. The molecule has 2 aromatic carbocycles. The molecule has 0 radical (unpaired) electrons. The highest BCUT2D eigenvalue weighted by Crippen LogP contribution is 2.29. The van der Waals surface area contributed by atoms with E-state index < -0.39 is 11.9 Å². The molecule has 0 saturated heterocycles. The summed E-state index contributed by atoms with van der Waals surface area (Å²) < 4.78 is 32.6. The maximum absolute atomic E-state index is 13.6. The van der Waals surface area contributed by atoms with Crippen LogP contribution in [-0.2, 0) is 0 Å². The molecule has 0 amide bonds. The Morgan fingerprint density at radius 3 is 2.57 bits per heavy atom. The van der Waals surface area contributed by atoms with E-state index in [1.807, 2.05) is 0 Å². The molecule has 0 fully saturated rings. The summed E-state index contributed by atoms with van der Waals surface area (Å²) in [5, 5.41) is 0.677. The monoisotopic (exact) mass is 305 g/mol. The third kappa shape index (κ3) is 2.94. The molecule has 21 heavy (non-hydrogen) atoms. The lowest BCUT2D eigenvalue weighted by Gasteiger charge is -2.08. The Bertz CT molecular complexity index is 772. The standard InChI is InChI=1S/C16H13F2NOS/c17-11-5-1-2-7-15(11)21-9-13(19)14-8-10-4-3-6-12(18)16(10)20-14/h1-8,13H,9,19H2. The Balaban J connectivity index is 1.76. The lowest BCUT2D eigenvalue weighted by molar-refractivity contribution is 0.495. The molecule has 3 aromatic rings. The number of hydrogen-bond donors (Lipinski definition) is 1. The Morgan fingerprint density at radius 1 is 1.05 bits per heavy atom. The highest BCUT2D eigenvalue weighted by molar-refractivity contribution is 7.99. The largest absolute Gasteiger partial charge is 0.456 e. The SMILES string of the molecule is NC(CSc1ccccc1F)c1cc2cccc(F)c2o1. The van der Waals surface area contributed by atoms with Crippen LogP contribution in [0.15, 0.2) is 57.8 Å². The number of hydrogen-bond acceptors (Lipinski definition) is 3. The number of halogens is 2. The number of nitrogens with two attached hydrogens (primary N) is 1. The van der Waals surface area contributed by atoms with Gasteiger partial charge in [-0.1, -0.05) is 24.3 Å². The van der Waals surface area contributed by atoms with Crippen LogP contribution in [-0.4, -0.2) is 5.75 Å². The minimum atomic E-state index is -0.429. The van der Waals surface area contributed by atoms with Crippen LogP contribution in [0.4, 0.5) is 8.78 Å². The van der Waals surface area contributed by atoms with E-state index in [-0.39, 0.29) is 11.4 Å². The maximum Gasteiger partial charge on any atom is 0.169 e. The van der Waals surface area contributed by atoms with Crippen LogP contribution in [0.3, 0.4) is 0 Å².